The van der Waals surface area contributed by atoms with Crippen molar-refractivity contribution in [2.45, 2.75) is 29.7 Å². The van der Waals surface area contributed by atoms with Gasteiger partial charge in [-0.15, -0.1) is 0 Å². The summed E-state index contributed by atoms with van der Waals surface area (Å²) in [5.74, 6) is -0.0871. The zero-order valence-electron chi connectivity index (χ0n) is 18.4. The van der Waals surface area contributed by atoms with E-state index in [4.69, 9.17) is 4.74 Å². The maximum Gasteiger partial charge on any atom is 0.264 e. The fraction of sp³-hybridized carbons (Fsp3) is 0.240. The number of ether oxygens (including phenoxy) is 1. The summed E-state index contributed by atoms with van der Waals surface area (Å²) in [6, 6.07) is 18.7. The normalized spacial score (nSPS) is 14.8. The van der Waals surface area contributed by atoms with Gasteiger partial charge in [0.05, 0.1) is 23.2 Å². The van der Waals surface area contributed by atoms with Gasteiger partial charge in [0.25, 0.3) is 15.9 Å². The maximum absolute atomic E-state index is 13.4. The molecule has 0 aliphatic heterocycles. The van der Waals surface area contributed by atoms with Crippen molar-refractivity contribution in [2.24, 2.45) is 0 Å². The highest BCUT2D eigenvalue weighted by molar-refractivity contribution is 7.92. The first kappa shape index (κ1) is 22.8. The number of carbonyl (C=O) groups excluding carboxylic acids is 1. The van der Waals surface area contributed by atoms with Crippen molar-refractivity contribution >= 4 is 21.6 Å². The van der Waals surface area contributed by atoms with E-state index in [9.17, 15) is 17.6 Å². The van der Waals surface area contributed by atoms with Crippen molar-refractivity contribution in [3.05, 3.63) is 89.7 Å². The molecule has 1 N–H and O–H groups in total. The van der Waals surface area contributed by atoms with E-state index in [-0.39, 0.29) is 22.2 Å². The first-order valence-electron chi connectivity index (χ1n) is 10.6. The SMILES string of the molecule is COc1ccc(N(C)S(=O)(=O)c2cccc(C(=O)NC3(c4ccc(F)cc4)CCC3)c2)cc1. The monoisotopic (exact) mass is 468 g/mol. The molecule has 4 rings (SSSR count). The molecular formula is C25H25FN2O4S. The number of sulfonamides is 1. The van der Waals surface area contributed by atoms with Gasteiger partial charge in [0.2, 0.25) is 0 Å². The molecule has 3 aromatic rings. The Morgan fingerprint density at radius 1 is 1.03 bits per heavy atom. The van der Waals surface area contributed by atoms with Gasteiger partial charge in [0, 0.05) is 12.6 Å². The van der Waals surface area contributed by atoms with Crippen LogP contribution in [0.25, 0.3) is 0 Å². The molecule has 3 aromatic carbocycles. The van der Waals surface area contributed by atoms with Crippen LogP contribution < -0.4 is 14.4 Å². The smallest absolute Gasteiger partial charge is 0.264 e. The van der Waals surface area contributed by atoms with Crippen molar-refractivity contribution in [1.29, 1.82) is 0 Å². The standard InChI is InChI=1S/C25H25FN2O4S/c1-28(21-11-13-22(32-2)14-12-21)33(30,31)23-6-3-5-18(17-23)24(29)27-25(15-4-16-25)19-7-9-20(26)10-8-19/h3,5-14,17H,4,15-16H2,1-2H3,(H,27,29). The summed E-state index contributed by atoms with van der Waals surface area (Å²) in [4.78, 5) is 13.1. The Balaban J connectivity index is 1.57. The molecule has 0 bridgehead atoms. The highest BCUT2D eigenvalue weighted by Crippen LogP contribution is 2.41. The van der Waals surface area contributed by atoms with E-state index in [1.807, 2.05) is 0 Å². The number of carbonyl (C=O) groups is 1. The second-order valence-corrected chi connectivity index (χ2v) is 10.1. The van der Waals surface area contributed by atoms with Crippen LogP contribution in [0.15, 0.2) is 77.7 Å². The van der Waals surface area contributed by atoms with Gasteiger partial charge >= 0.3 is 0 Å². The number of halogens is 1. The number of hydrogen-bond acceptors (Lipinski definition) is 4. The Hall–Kier alpha value is -3.39. The van der Waals surface area contributed by atoms with Gasteiger partial charge in [-0.3, -0.25) is 9.10 Å². The molecule has 0 atom stereocenters. The number of nitrogens with one attached hydrogen (secondary N) is 1. The molecule has 0 spiro atoms. The number of amides is 1. The van der Waals surface area contributed by atoms with Gasteiger partial charge in [-0.05, 0) is 79.4 Å². The number of methoxy groups -OCH3 is 1. The lowest BCUT2D eigenvalue weighted by atomic mass is 9.71. The summed E-state index contributed by atoms with van der Waals surface area (Å²) in [6.45, 7) is 0. The Kier molecular flexibility index (Phi) is 6.12. The first-order valence-corrected chi connectivity index (χ1v) is 12.0. The van der Waals surface area contributed by atoms with Crippen LogP contribution in [0.1, 0.15) is 35.2 Å². The molecule has 1 amide bonds. The Labute approximate surface area is 193 Å². The molecule has 0 aromatic heterocycles. The molecule has 1 saturated carbocycles. The highest BCUT2D eigenvalue weighted by Gasteiger charge is 2.40. The molecule has 6 nitrogen and oxygen atoms in total. The van der Waals surface area contributed by atoms with Gasteiger partial charge in [0.1, 0.15) is 11.6 Å². The lowest BCUT2D eigenvalue weighted by Crippen LogP contribution is -2.50. The van der Waals surface area contributed by atoms with Crippen molar-refractivity contribution in [3.63, 3.8) is 0 Å². The second-order valence-electron chi connectivity index (χ2n) is 8.10. The first-order chi connectivity index (χ1) is 15.7. The molecule has 1 aliphatic carbocycles. The highest BCUT2D eigenvalue weighted by atomic mass is 32.2. The Morgan fingerprint density at radius 2 is 1.70 bits per heavy atom. The topological polar surface area (TPSA) is 75.7 Å². The van der Waals surface area contributed by atoms with Crippen LogP contribution in [-0.2, 0) is 15.6 Å². The minimum absolute atomic E-state index is 0.0120. The number of rotatable bonds is 7. The fourth-order valence-electron chi connectivity index (χ4n) is 3.96. The summed E-state index contributed by atoms with van der Waals surface area (Å²) < 4.78 is 46.0. The third kappa shape index (κ3) is 4.43. The largest absolute Gasteiger partial charge is 0.497 e. The van der Waals surface area contributed by atoms with Crippen LogP contribution in [0, 0.1) is 5.82 Å². The lowest BCUT2D eigenvalue weighted by molar-refractivity contribution is 0.0823. The van der Waals surface area contributed by atoms with Crippen LogP contribution in [-0.4, -0.2) is 28.5 Å². The van der Waals surface area contributed by atoms with E-state index >= 15 is 0 Å². The zero-order chi connectivity index (χ0) is 23.6. The molecular weight excluding hydrogens is 443 g/mol. The van der Waals surface area contributed by atoms with E-state index in [0.717, 1.165) is 29.1 Å². The molecule has 0 unspecified atom stereocenters. The van der Waals surface area contributed by atoms with Gasteiger partial charge < -0.3 is 10.1 Å². The quantitative estimate of drug-likeness (QED) is 0.555. The van der Waals surface area contributed by atoms with Gasteiger partial charge in [-0.1, -0.05) is 18.2 Å². The van der Waals surface area contributed by atoms with Gasteiger partial charge in [0.15, 0.2) is 0 Å². The minimum atomic E-state index is -3.89. The Bertz CT molecular complexity index is 1250. The van der Waals surface area contributed by atoms with E-state index in [0.29, 0.717) is 11.4 Å². The van der Waals surface area contributed by atoms with Crippen LogP contribution in [0.2, 0.25) is 0 Å². The minimum Gasteiger partial charge on any atom is -0.497 e. The summed E-state index contributed by atoms with van der Waals surface area (Å²) in [5.41, 5.74) is 0.981. The number of anilines is 1. The van der Waals surface area contributed by atoms with Crippen molar-refractivity contribution < 1.29 is 22.3 Å². The van der Waals surface area contributed by atoms with Gasteiger partial charge in [-0.25, -0.2) is 12.8 Å². The molecule has 0 heterocycles. The Morgan fingerprint density at radius 3 is 2.27 bits per heavy atom. The maximum atomic E-state index is 13.4. The number of benzene rings is 3. The summed E-state index contributed by atoms with van der Waals surface area (Å²) >= 11 is 0. The number of nitrogens with zero attached hydrogens (tertiary/aromatic N) is 1. The second kappa shape index (κ2) is 8.86. The summed E-state index contributed by atoms with van der Waals surface area (Å²) in [7, 11) is -0.891. The predicted molar refractivity (Wildman–Crippen MR) is 124 cm³/mol. The summed E-state index contributed by atoms with van der Waals surface area (Å²) in [5, 5.41) is 3.05. The van der Waals surface area contributed by atoms with E-state index in [1.165, 1.54) is 38.4 Å². The van der Waals surface area contributed by atoms with E-state index < -0.39 is 15.6 Å². The molecule has 0 radical (unpaired) electrons. The van der Waals surface area contributed by atoms with Crippen LogP contribution in [0.3, 0.4) is 0 Å². The van der Waals surface area contributed by atoms with E-state index in [1.54, 1.807) is 48.5 Å². The average Bonchev–Trinajstić information content (AvgIpc) is 2.81. The lowest BCUT2D eigenvalue weighted by Gasteiger charge is -2.43. The average molecular weight is 469 g/mol. The molecule has 0 saturated heterocycles. The van der Waals surface area contributed by atoms with Crippen LogP contribution in [0.4, 0.5) is 10.1 Å². The van der Waals surface area contributed by atoms with E-state index in [2.05, 4.69) is 5.32 Å². The molecule has 8 heteroatoms. The van der Waals surface area contributed by atoms with Crippen LogP contribution >= 0.6 is 0 Å². The third-order valence-corrected chi connectivity index (χ3v) is 7.93. The van der Waals surface area contributed by atoms with Gasteiger partial charge in [-0.2, -0.15) is 0 Å². The number of hydrogen-bond donors (Lipinski definition) is 1. The fourth-order valence-corrected chi connectivity index (χ4v) is 5.20. The predicted octanol–water partition coefficient (Wildman–Crippen LogP) is 4.47. The summed E-state index contributed by atoms with van der Waals surface area (Å²) in [6.07, 6.45) is 2.42. The zero-order valence-corrected chi connectivity index (χ0v) is 19.2. The van der Waals surface area contributed by atoms with Crippen molar-refractivity contribution in [2.75, 3.05) is 18.5 Å². The molecule has 172 valence electrons. The molecule has 1 fully saturated rings. The van der Waals surface area contributed by atoms with Crippen molar-refractivity contribution in [1.82, 2.24) is 5.32 Å². The van der Waals surface area contributed by atoms with Crippen molar-refractivity contribution in [3.8, 4) is 5.75 Å². The molecule has 1 aliphatic rings. The molecule has 33 heavy (non-hydrogen) atoms. The van der Waals surface area contributed by atoms with Crippen LogP contribution in [0.5, 0.6) is 5.75 Å². The third-order valence-electron chi connectivity index (χ3n) is 6.15.